The van der Waals surface area contributed by atoms with E-state index in [1.54, 1.807) is 24.3 Å². The Hall–Kier alpha value is -1.79. The number of allylic oxidation sites excluding steroid dienone is 1. The van der Waals surface area contributed by atoms with Gasteiger partial charge >= 0.3 is 0 Å². The molecule has 0 atom stereocenters. The minimum Gasteiger partial charge on any atom is -0.195 e. The maximum Gasteiger partial charge on any atom is 0.228 e. The van der Waals surface area contributed by atoms with E-state index in [4.69, 9.17) is 15.8 Å². The Morgan fingerprint density at radius 3 is 2.00 bits per heavy atom. The van der Waals surface area contributed by atoms with Crippen LogP contribution in [0.4, 0.5) is 0 Å². The first-order valence-electron chi connectivity index (χ1n) is 3.59. The molecule has 0 aliphatic heterocycles. The summed E-state index contributed by atoms with van der Waals surface area (Å²) in [5.41, 5.74) is -1.46. The average molecular weight is 159 g/mol. The van der Waals surface area contributed by atoms with E-state index in [2.05, 4.69) is 6.58 Å². The standard InChI is InChI=1S/C9H9N3/c1-2-3-4-5-9(6-10,7-11)8-12/h2H,1,3-5H2. The van der Waals surface area contributed by atoms with Crippen molar-refractivity contribution in [2.75, 3.05) is 0 Å². The van der Waals surface area contributed by atoms with Crippen molar-refractivity contribution in [1.82, 2.24) is 0 Å². The highest BCUT2D eigenvalue weighted by atomic mass is 14.4. The van der Waals surface area contributed by atoms with E-state index in [0.29, 0.717) is 12.8 Å². The maximum atomic E-state index is 8.56. The van der Waals surface area contributed by atoms with Crippen LogP contribution in [0, 0.1) is 39.4 Å². The van der Waals surface area contributed by atoms with Gasteiger partial charge in [0.15, 0.2) is 0 Å². The summed E-state index contributed by atoms with van der Waals surface area (Å²) in [4.78, 5) is 0. The van der Waals surface area contributed by atoms with Gasteiger partial charge in [-0.1, -0.05) is 6.08 Å². The third kappa shape index (κ3) is 2.45. The molecule has 12 heavy (non-hydrogen) atoms. The Bertz CT molecular complexity index is 236. The van der Waals surface area contributed by atoms with Crippen molar-refractivity contribution in [3.8, 4) is 18.2 Å². The minimum absolute atomic E-state index is 0.294. The van der Waals surface area contributed by atoms with Crippen LogP contribution in [-0.2, 0) is 0 Å². The van der Waals surface area contributed by atoms with Gasteiger partial charge in [-0.05, 0) is 19.3 Å². The van der Waals surface area contributed by atoms with Crippen LogP contribution >= 0.6 is 0 Å². The van der Waals surface area contributed by atoms with Crippen LogP contribution in [0.25, 0.3) is 0 Å². The zero-order valence-corrected chi connectivity index (χ0v) is 6.75. The fourth-order valence-corrected chi connectivity index (χ4v) is 0.754. The van der Waals surface area contributed by atoms with Gasteiger partial charge in [0.1, 0.15) is 18.2 Å². The molecule has 0 aromatic rings. The molecule has 0 amide bonds. The predicted molar refractivity (Wildman–Crippen MR) is 43.3 cm³/mol. The highest BCUT2D eigenvalue weighted by Crippen LogP contribution is 2.21. The molecular weight excluding hydrogens is 150 g/mol. The lowest BCUT2D eigenvalue weighted by Gasteiger charge is -2.06. The highest BCUT2D eigenvalue weighted by Gasteiger charge is 2.28. The molecule has 0 aromatic heterocycles. The lowest BCUT2D eigenvalue weighted by Crippen LogP contribution is -2.12. The molecule has 0 spiro atoms. The lowest BCUT2D eigenvalue weighted by molar-refractivity contribution is 0.575. The lowest BCUT2D eigenvalue weighted by atomic mass is 9.88. The first-order valence-corrected chi connectivity index (χ1v) is 3.59. The van der Waals surface area contributed by atoms with Gasteiger partial charge in [-0.25, -0.2) is 0 Å². The molecular formula is C9H9N3. The molecule has 0 N–H and O–H groups in total. The summed E-state index contributed by atoms with van der Waals surface area (Å²) < 4.78 is 0. The third-order valence-electron chi connectivity index (χ3n) is 1.53. The number of nitrogens with zero attached hydrogens (tertiary/aromatic N) is 3. The summed E-state index contributed by atoms with van der Waals surface area (Å²) in [6.07, 6.45) is 3.38. The smallest absolute Gasteiger partial charge is 0.195 e. The van der Waals surface area contributed by atoms with Crippen LogP contribution in [0.5, 0.6) is 0 Å². The van der Waals surface area contributed by atoms with Gasteiger partial charge in [0, 0.05) is 0 Å². The highest BCUT2D eigenvalue weighted by molar-refractivity contribution is 5.25. The van der Waals surface area contributed by atoms with Gasteiger partial charge < -0.3 is 0 Å². The fourth-order valence-electron chi connectivity index (χ4n) is 0.754. The third-order valence-corrected chi connectivity index (χ3v) is 1.53. The Balaban J connectivity index is 4.20. The molecule has 0 aliphatic rings. The molecule has 0 fully saturated rings. The van der Waals surface area contributed by atoms with E-state index >= 15 is 0 Å². The van der Waals surface area contributed by atoms with Crippen LogP contribution in [0.2, 0.25) is 0 Å². The summed E-state index contributed by atoms with van der Waals surface area (Å²) in [5.74, 6) is 0. The summed E-state index contributed by atoms with van der Waals surface area (Å²) in [6, 6.07) is 5.15. The van der Waals surface area contributed by atoms with E-state index in [-0.39, 0.29) is 0 Å². The SMILES string of the molecule is C=CCCCC(C#N)(C#N)C#N. The monoisotopic (exact) mass is 159 g/mol. The van der Waals surface area contributed by atoms with Crippen molar-refractivity contribution in [2.24, 2.45) is 5.41 Å². The molecule has 0 unspecified atom stereocenters. The molecule has 0 heterocycles. The quantitative estimate of drug-likeness (QED) is 0.464. The van der Waals surface area contributed by atoms with Crippen LogP contribution in [0.1, 0.15) is 19.3 Å². The molecule has 0 saturated carbocycles. The largest absolute Gasteiger partial charge is 0.228 e. The van der Waals surface area contributed by atoms with E-state index in [1.807, 2.05) is 0 Å². The second-order valence-corrected chi connectivity index (χ2v) is 2.42. The maximum absolute atomic E-state index is 8.56. The van der Waals surface area contributed by atoms with E-state index in [1.165, 1.54) is 0 Å². The molecule has 3 nitrogen and oxygen atoms in total. The first kappa shape index (κ1) is 10.2. The number of unbranched alkanes of at least 4 members (excludes halogenated alkanes) is 1. The van der Waals surface area contributed by atoms with Gasteiger partial charge in [-0.2, -0.15) is 15.8 Å². The molecule has 60 valence electrons. The first-order chi connectivity index (χ1) is 5.74. The minimum atomic E-state index is -1.46. The number of nitriles is 3. The van der Waals surface area contributed by atoms with E-state index in [9.17, 15) is 0 Å². The van der Waals surface area contributed by atoms with Crippen LogP contribution in [-0.4, -0.2) is 0 Å². The van der Waals surface area contributed by atoms with Crippen molar-refractivity contribution < 1.29 is 0 Å². The van der Waals surface area contributed by atoms with Gasteiger partial charge in [-0.15, -0.1) is 6.58 Å². The van der Waals surface area contributed by atoms with Gasteiger partial charge in [0.2, 0.25) is 5.41 Å². The molecule has 0 bridgehead atoms. The predicted octanol–water partition coefficient (Wildman–Crippen LogP) is 1.90. The number of hydrogen-bond acceptors (Lipinski definition) is 3. The molecule has 0 aromatic carbocycles. The van der Waals surface area contributed by atoms with E-state index < -0.39 is 5.41 Å². The van der Waals surface area contributed by atoms with Crippen molar-refractivity contribution >= 4 is 0 Å². The summed E-state index contributed by atoms with van der Waals surface area (Å²) in [7, 11) is 0. The van der Waals surface area contributed by atoms with Crippen LogP contribution in [0.3, 0.4) is 0 Å². The summed E-state index contributed by atoms with van der Waals surface area (Å²) in [6.45, 7) is 3.51. The molecule has 0 rings (SSSR count). The van der Waals surface area contributed by atoms with Crippen LogP contribution < -0.4 is 0 Å². The average Bonchev–Trinajstić information content (AvgIpc) is 2.14. The van der Waals surface area contributed by atoms with Gasteiger partial charge in [0.05, 0.1) is 0 Å². The second kappa shape index (κ2) is 4.94. The fraction of sp³-hybridized carbons (Fsp3) is 0.444. The molecule has 0 radical (unpaired) electrons. The topological polar surface area (TPSA) is 71.4 Å². The van der Waals surface area contributed by atoms with Gasteiger partial charge in [-0.3, -0.25) is 0 Å². The Kier molecular flexibility index (Phi) is 4.20. The molecule has 0 aliphatic carbocycles. The van der Waals surface area contributed by atoms with Crippen LogP contribution in [0.15, 0.2) is 12.7 Å². The van der Waals surface area contributed by atoms with E-state index in [0.717, 1.165) is 6.42 Å². The molecule has 0 saturated heterocycles. The van der Waals surface area contributed by atoms with Crippen molar-refractivity contribution in [1.29, 1.82) is 15.8 Å². The van der Waals surface area contributed by atoms with Crippen molar-refractivity contribution in [3.05, 3.63) is 12.7 Å². The summed E-state index contributed by atoms with van der Waals surface area (Å²) in [5, 5.41) is 25.7. The number of rotatable bonds is 4. The Morgan fingerprint density at radius 2 is 1.67 bits per heavy atom. The summed E-state index contributed by atoms with van der Waals surface area (Å²) >= 11 is 0. The molecule has 3 heteroatoms. The van der Waals surface area contributed by atoms with Gasteiger partial charge in [0.25, 0.3) is 0 Å². The van der Waals surface area contributed by atoms with Crippen molar-refractivity contribution in [2.45, 2.75) is 19.3 Å². The Labute approximate surface area is 72.1 Å². The normalized spacial score (nSPS) is 9.08. The second-order valence-electron chi connectivity index (χ2n) is 2.42. The zero-order valence-electron chi connectivity index (χ0n) is 6.75. The Morgan fingerprint density at radius 1 is 1.17 bits per heavy atom. The zero-order chi connectivity index (χ0) is 9.45. The number of hydrogen-bond donors (Lipinski definition) is 0. The van der Waals surface area contributed by atoms with Crippen molar-refractivity contribution in [3.63, 3.8) is 0 Å².